The fourth-order valence-corrected chi connectivity index (χ4v) is 4.61. The first-order chi connectivity index (χ1) is 9.67. The van der Waals surface area contributed by atoms with Crippen molar-refractivity contribution in [3.8, 4) is 0 Å². The monoisotopic (exact) mass is 296 g/mol. The molecule has 0 aliphatic heterocycles. The van der Waals surface area contributed by atoms with Gasteiger partial charge >= 0.3 is 0 Å². The van der Waals surface area contributed by atoms with Crippen LogP contribution in [-0.2, 0) is 0 Å². The Morgan fingerprint density at radius 3 is 2.05 bits per heavy atom. The third-order valence-corrected chi connectivity index (χ3v) is 5.08. The van der Waals surface area contributed by atoms with Gasteiger partial charge in [-0.3, -0.25) is 0 Å². The van der Waals surface area contributed by atoms with Gasteiger partial charge in [0, 0.05) is 12.1 Å². The normalized spacial score (nSPS) is 23.4. The highest BCUT2D eigenvalue weighted by atomic mass is 15.1. The first kappa shape index (κ1) is 19.0. The Balaban J connectivity index is 2.35. The Morgan fingerprint density at radius 2 is 1.57 bits per heavy atom. The maximum atomic E-state index is 3.92. The fourth-order valence-electron chi connectivity index (χ4n) is 4.61. The van der Waals surface area contributed by atoms with Gasteiger partial charge in [0.2, 0.25) is 0 Å². The fraction of sp³-hybridized carbons (Fsp3) is 1.00. The van der Waals surface area contributed by atoms with Crippen molar-refractivity contribution in [2.45, 2.75) is 92.7 Å². The zero-order valence-corrected chi connectivity index (χ0v) is 15.8. The number of rotatable bonds is 8. The molecule has 0 aromatic heterocycles. The third kappa shape index (κ3) is 7.15. The minimum Gasteiger partial charge on any atom is -0.311 e. The van der Waals surface area contributed by atoms with Gasteiger partial charge in [0.1, 0.15) is 0 Å². The second kappa shape index (κ2) is 7.97. The third-order valence-electron chi connectivity index (χ3n) is 5.08. The van der Waals surface area contributed by atoms with Gasteiger partial charge in [-0.25, -0.2) is 0 Å². The van der Waals surface area contributed by atoms with Gasteiger partial charge in [-0.15, -0.1) is 0 Å². The molecule has 1 fully saturated rings. The molecule has 2 nitrogen and oxygen atoms in total. The van der Waals surface area contributed by atoms with Crippen LogP contribution in [0, 0.1) is 10.8 Å². The molecule has 0 heterocycles. The van der Waals surface area contributed by atoms with Crippen molar-refractivity contribution in [2.75, 3.05) is 19.6 Å². The second-order valence-corrected chi connectivity index (χ2v) is 8.85. The molecular formula is C19H40N2. The van der Waals surface area contributed by atoms with Crippen LogP contribution >= 0.6 is 0 Å². The highest BCUT2D eigenvalue weighted by Crippen LogP contribution is 2.45. The second-order valence-electron chi connectivity index (χ2n) is 8.85. The molecule has 0 aromatic carbocycles. The SMILES string of the molecule is CCN(CC)CCCC(C)NC1CC(C)(C)CC(C)(C)C1. The highest BCUT2D eigenvalue weighted by molar-refractivity contribution is 4.92. The Labute approximate surface area is 134 Å². The first-order valence-corrected chi connectivity index (χ1v) is 9.16. The standard InChI is InChI=1S/C19H40N2/c1-8-21(9-2)12-10-11-16(3)20-17-13-18(4,5)15-19(6,7)14-17/h16-17,20H,8-15H2,1-7H3. The Bertz CT molecular complexity index is 276. The van der Waals surface area contributed by atoms with E-state index in [1.165, 1.54) is 51.7 Å². The summed E-state index contributed by atoms with van der Waals surface area (Å²) in [5, 5.41) is 3.92. The summed E-state index contributed by atoms with van der Waals surface area (Å²) in [7, 11) is 0. The van der Waals surface area contributed by atoms with Crippen LogP contribution in [0.1, 0.15) is 80.6 Å². The Morgan fingerprint density at radius 1 is 1.05 bits per heavy atom. The average molecular weight is 297 g/mol. The smallest absolute Gasteiger partial charge is 0.00797 e. The van der Waals surface area contributed by atoms with E-state index in [0.29, 0.717) is 22.9 Å². The average Bonchev–Trinajstić information content (AvgIpc) is 2.30. The van der Waals surface area contributed by atoms with Crippen LogP contribution in [0.15, 0.2) is 0 Å². The van der Waals surface area contributed by atoms with Crippen LogP contribution < -0.4 is 5.32 Å². The topological polar surface area (TPSA) is 15.3 Å². The van der Waals surface area contributed by atoms with Gasteiger partial charge in [0.25, 0.3) is 0 Å². The summed E-state index contributed by atoms with van der Waals surface area (Å²) < 4.78 is 0. The summed E-state index contributed by atoms with van der Waals surface area (Å²) in [4.78, 5) is 2.53. The van der Waals surface area contributed by atoms with E-state index in [9.17, 15) is 0 Å². The van der Waals surface area contributed by atoms with E-state index in [1.54, 1.807) is 0 Å². The van der Waals surface area contributed by atoms with Crippen molar-refractivity contribution in [3.63, 3.8) is 0 Å². The molecule has 0 bridgehead atoms. The molecule has 126 valence electrons. The van der Waals surface area contributed by atoms with Crippen LogP contribution in [0.2, 0.25) is 0 Å². The summed E-state index contributed by atoms with van der Waals surface area (Å²) >= 11 is 0. The van der Waals surface area contributed by atoms with Crippen LogP contribution in [-0.4, -0.2) is 36.6 Å². The maximum Gasteiger partial charge on any atom is 0.00797 e. The molecule has 0 spiro atoms. The van der Waals surface area contributed by atoms with Crippen LogP contribution in [0.5, 0.6) is 0 Å². The van der Waals surface area contributed by atoms with E-state index in [1.807, 2.05) is 0 Å². The van der Waals surface area contributed by atoms with Gasteiger partial charge in [0.05, 0.1) is 0 Å². The highest BCUT2D eigenvalue weighted by Gasteiger charge is 2.38. The molecule has 0 aromatic rings. The van der Waals surface area contributed by atoms with Crippen LogP contribution in [0.25, 0.3) is 0 Å². The van der Waals surface area contributed by atoms with Gasteiger partial charge in [0.15, 0.2) is 0 Å². The lowest BCUT2D eigenvalue weighted by atomic mass is 9.63. The van der Waals surface area contributed by atoms with E-state index in [0.717, 1.165) is 0 Å². The van der Waals surface area contributed by atoms with Gasteiger partial charge in [-0.1, -0.05) is 41.5 Å². The minimum atomic E-state index is 0.486. The molecule has 1 N–H and O–H groups in total. The lowest BCUT2D eigenvalue weighted by Crippen LogP contribution is -2.46. The molecule has 1 rings (SSSR count). The molecule has 1 aliphatic rings. The molecule has 1 unspecified atom stereocenters. The molecule has 21 heavy (non-hydrogen) atoms. The van der Waals surface area contributed by atoms with E-state index >= 15 is 0 Å². The molecular weight excluding hydrogens is 256 g/mol. The van der Waals surface area contributed by atoms with E-state index < -0.39 is 0 Å². The number of nitrogens with zero attached hydrogens (tertiary/aromatic N) is 1. The summed E-state index contributed by atoms with van der Waals surface area (Å²) in [5.41, 5.74) is 0.973. The molecule has 2 heteroatoms. The molecule has 0 radical (unpaired) electrons. The van der Waals surface area contributed by atoms with Gasteiger partial charge in [-0.2, -0.15) is 0 Å². The first-order valence-electron chi connectivity index (χ1n) is 9.16. The van der Waals surface area contributed by atoms with Gasteiger partial charge in [-0.05, 0) is 69.5 Å². The summed E-state index contributed by atoms with van der Waals surface area (Å²) in [6, 6.07) is 1.35. The quantitative estimate of drug-likeness (QED) is 0.699. The number of nitrogens with one attached hydrogen (secondary N) is 1. The lowest BCUT2D eigenvalue weighted by molar-refractivity contribution is 0.0804. The molecule has 1 aliphatic carbocycles. The van der Waals surface area contributed by atoms with Crippen LogP contribution in [0.4, 0.5) is 0 Å². The number of hydrogen-bond acceptors (Lipinski definition) is 2. The minimum absolute atomic E-state index is 0.486. The predicted octanol–water partition coefficient (Wildman–Crippen LogP) is 4.69. The largest absolute Gasteiger partial charge is 0.311 e. The van der Waals surface area contributed by atoms with Crippen molar-refractivity contribution < 1.29 is 0 Å². The zero-order valence-electron chi connectivity index (χ0n) is 15.8. The molecule has 0 saturated heterocycles. The van der Waals surface area contributed by atoms with E-state index in [2.05, 4.69) is 58.7 Å². The van der Waals surface area contributed by atoms with Crippen molar-refractivity contribution in [1.82, 2.24) is 10.2 Å². The lowest BCUT2D eigenvalue weighted by Gasteiger charge is -2.46. The van der Waals surface area contributed by atoms with E-state index in [-0.39, 0.29) is 0 Å². The maximum absolute atomic E-state index is 3.92. The summed E-state index contributed by atoms with van der Waals surface area (Å²) in [6.45, 7) is 20.3. The van der Waals surface area contributed by atoms with Crippen molar-refractivity contribution >= 4 is 0 Å². The summed E-state index contributed by atoms with van der Waals surface area (Å²) in [5.74, 6) is 0. The summed E-state index contributed by atoms with van der Waals surface area (Å²) in [6.07, 6.45) is 6.63. The Hall–Kier alpha value is -0.0800. The Kier molecular flexibility index (Phi) is 7.19. The molecule has 1 saturated carbocycles. The molecule has 0 amide bonds. The van der Waals surface area contributed by atoms with Crippen molar-refractivity contribution in [1.29, 1.82) is 0 Å². The predicted molar refractivity (Wildman–Crippen MR) is 94.8 cm³/mol. The van der Waals surface area contributed by atoms with Crippen molar-refractivity contribution in [2.24, 2.45) is 10.8 Å². The van der Waals surface area contributed by atoms with Crippen LogP contribution in [0.3, 0.4) is 0 Å². The zero-order chi connectivity index (χ0) is 16.1. The van der Waals surface area contributed by atoms with Crippen molar-refractivity contribution in [3.05, 3.63) is 0 Å². The van der Waals surface area contributed by atoms with Gasteiger partial charge < -0.3 is 10.2 Å². The number of hydrogen-bond donors (Lipinski definition) is 1. The molecule has 1 atom stereocenters. The van der Waals surface area contributed by atoms with E-state index in [4.69, 9.17) is 0 Å².